The van der Waals surface area contributed by atoms with E-state index >= 15 is 0 Å². The molecule has 0 aromatic heterocycles. The van der Waals surface area contributed by atoms with Crippen molar-refractivity contribution in [1.82, 2.24) is 0 Å². The maximum Gasteiger partial charge on any atom is 0.294 e. The van der Waals surface area contributed by atoms with E-state index in [2.05, 4.69) is 9.48 Å². The van der Waals surface area contributed by atoms with Crippen molar-refractivity contribution in [3.8, 4) is 0 Å². The van der Waals surface area contributed by atoms with E-state index in [1.807, 2.05) is 76.3 Å². The van der Waals surface area contributed by atoms with Gasteiger partial charge in [-0.3, -0.25) is 18.2 Å². The predicted molar refractivity (Wildman–Crippen MR) is 249 cm³/mol. The van der Waals surface area contributed by atoms with E-state index < -0.39 is 62.8 Å². The Morgan fingerprint density at radius 3 is 1.78 bits per heavy atom. The van der Waals surface area contributed by atoms with Crippen LogP contribution in [0.2, 0.25) is 0 Å². The van der Waals surface area contributed by atoms with Gasteiger partial charge in [0.25, 0.3) is 40.5 Å². The first-order valence-electron chi connectivity index (χ1n) is 20.6. The molecule has 342 valence electrons. The number of hydrogen-bond donors (Lipinski definition) is 4. The maximum atomic E-state index is 12.2. The van der Waals surface area contributed by atoms with Gasteiger partial charge in [-0.2, -0.15) is 38.2 Å². The van der Waals surface area contributed by atoms with Gasteiger partial charge in [0.05, 0.1) is 26.7 Å². The number of benzene rings is 4. The highest BCUT2D eigenvalue weighted by atomic mass is 35.5. The highest BCUT2D eigenvalue weighted by Gasteiger charge is 2.46. The van der Waals surface area contributed by atoms with Crippen molar-refractivity contribution < 1.29 is 56.5 Å². The smallest absolute Gasteiger partial charge is 0.294 e. The molecule has 2 aliphatic heterocycles. The first kappa shape index (κ1) is 47.7. The van der Waals surface area contributed by atoms with Crippen LogP contribution in [-0.4, -0.2) is 86.8 Å². The fraction of sp³-hybridized carbons (Fsp3) is 0.356. The summed E-state index contributed by atoms with van der Waals surface area (Å²) < 4.78 is 136. The molecule has 14 nitrogen and oxygen atoms in total. The molecule has 3 aliphatic rings. The van der Waals surface area contributed by atoms with E-state index in [4.69, 9.17) is 11.6 Å². The van der Waals surface area contributed by atoms with Crippen molar-refractivity contribution in [3.05, 3.63) is 118 Å². The molecule has 0 saturated heterocycles. The van der Waals surface area contributed by atoms with Gasteiger partial charge in [-0.15, -0.1) is 0 Å². The molecular formula is C45H50ClN2O12S4+. The number of halogens is 1. The first-order valence-corrected chi connectivity index (χ1v) is 27.1. The number of rotatable bonds is 15. The van der Waals surface area contributed by atoms with E-state index in [-0.39, 0.29) is 22.6 Å². The summed E-state index contributed by atoms with van der Waals surface area (Å²) >= 11 is 7.15. The number of unbranched alkanes of at least 4 members (excludes halogenated alkanes) is 2. The summed E-state index contributed by atoms with van der Waals surface area (Å²) in [5.41, 5.74) is 5.22. The Balaban J connectivity index is 1.27. The van der Waals surface area contributed by atoms with Crippen molar-refractivity contribution in [2.45, 2.75) is 86.8 Å². The van der Waals surface area contributed by atoms with Gasteiger partial charge in [-0.25, -0.2) is 0 Å². The van der Waals surface area contributed by atoms with Crippen molar-refractivity contribution in [2.75, 3.05) is 29.5 Å². The molecule has 0 spiro atoms. The van der Waals surface area contributed by atoms with Crippen molar-refractivity contribution >= 4 is 90.7 Å². The van der Waals surface area contributed by atoms with Crippen LogP contribution >= 0.6 is 11.6 Å². The van der Waals surface area contributed by atoms with Gasteiger partial charge in [-0.1, -0.05) is 55.8 Å². The van der Waals surface area contributed by atoms with Crippen LogP contribution in [0.4, 0.5) is 11.4 Å². The largest absolute Gasteiger partial charge is 0.344 e. The van der Waals surface area contributed by atoms with Gasteiger partial charge in [0.15, 0.2) is 5.71 Å². The molecule has 0 fully saturated rings. The molecule has 0 bridgehead atoms. The van der Waals surface area contributed by atoms with Crippen LogP contribution in [-0.2, 0) is 51.3 Å². The molecule has 0 amide bonds. The molecule has 1 aliphatic carbocycles. The average Bonchev–Trinajstić information content (AvgIpc) is 3.73. The Kier molecular flexibility index (Phi) is 12.8. The maximum absolute atomic E-state index is 12.2. The normalized spacial score (nSPS) is 19.0. The summed E-state index contributed by atoms with van der Waals surface area (Å²) in [6.07, 6.45) is 10.3. The van der Waals surface area contributed by atoms with E-state index in [0.29, 0.717) is 54.6 Å². The van der Waals surface area contributed by atoms with E-state index in [1.165, 1.54) is 24.3 Å². The lowest BCUT2D eigenvalue weighted by Crippen LogP contribution is -2.28. The molecule has 64 heavy (non-hydrogen) atoms. The Morgan fingerprint density at radius 1 is 0.656 bits per heavy atom. The number of fused-ring (bicyclic) bond motifs is 6. The minimum Gasteiger partial charge on any atom is -0.344 e. The lowest BCUT2D eigenvalue weighted by atomic mass is 9.79. The van der Waals surface area contributed by atoms with Gasteiger partial charge < -0.3 is 4.90 Å². The van der Waals surface area contributed by atoms with Crippen molar-refractivity contribution in [3.63, 3.8) is 0 Å². The van der Waals surface area contributed by atoms with Crippen LogP contribution < -0.4 is 4.90 Å². The fourth-order valence-corrected chi connectivity index (χ4v) is 11.9. The third-order valence-corrected chi connectivity index (χ3v) is 16.2. The minimum absolute atomic E-state index is 0.203. The average molecular weight is 975 g/mol. The van der Waals surface area contributed by atoms with Gasteiger partial charge in [0, 0.05) is 52.5 Å². The Hall–Kier alpha value is -4.24. The molecule has 4 N–H and O–H groups in total. The van der Waals surface area contributed by atoms with Gasteiger partial charge in [-0.05, 0) is 127 Å². The van der Waals surface area contributed by atoms with Crippen LogP contribution in [0, 0.1) is 0 Å². The van der Waals surface area contributed by atoms with E-state index in [0.717, 1.165) is 55.8 Å². The second-order valence-electron chi connectivity index (χ2n) is 17.5. The summed E-state index contributed by atoms with van der Waals surface area (Å²) in [5, 5.41) is 3.35. The quantitative estimate of drug-likeness (QED) is 0.0498. The van der Waals surface area contributed by atoms with Gasteiger partial charge in [0.2, 0.25) is 5.69 Å². The number of nitrogens with zero attached hydrogens (tertiary/aromatic N) is 2. The Morgan fingerprint density at radius 2 is 1.20 bits per heavy atom. The summed E-state index contributed by atoms with van der Waals surface area (Å²) in [7, 11) is -17.3. The monoisotopic (exact) mass is 973 g/mol. The lowest BCUT2D eigenvalue weighted by molar-refractivity contribution is -0.438. The molecule has 19 heteroatoms. The van der Waals surface area contributed by atoms with Crippen LogP contribution in [0.15, 0.2) is 117 Å². The third-order valence-electron chi connectivity index (χ3n) is 12.4. The van der Waals surface area contributed by atoms with Crippen LogP contribution in [0.3, 0.4) is 0 Å². The Bertz CT molecular complexity index is 3240. The van der Waals surface area contributed by atoms with E-state index in [1.54, 1.807) is 12.1 Å². The number of hydrogen-bond acceptors (Lipinski definition) is 9. The SMILES string of the molecule is CC1(C)C(=CC=C2CCC(C=CC3=[N+](CCCCS(=O)(=O)O)c4ccc5ccc(S(=O)(=O)O)cc5c4C3(C)C)=C2Cl)N(CCCCS(=O)(=O)O)c2ccc3ccc(S(=O)(=O)O)cc3c21. The molecule has 0 saturated carbocycles. The highest BCUT2D eigenvalue weighted by Crippen LogP contribution is 2.52. The first-order chi connectivity index (χ1) is 29.7. The summed E-state index contributed by atoms with van der Waals surface area (Å²) in [5.74, 6) is -0.793. The topological polar surface area (TPSA) is 224 Å². The summed E-state index contributed by atoms with van der Waals surface area (Å²) in [6, 6.07) is 16.5. The molecule has 2 heterocycles. The minimum atomic E-state index is -4.50. The van der Waals surface area contributed by atoms with Gasteiger partial charge in [0.1, 0.15) is 6.54 Å². The summed E-state index contributed by atoms with van der Waals surface area (Å²) in [6.45, 7) is 8.80. The van der Waals surface area contributed by atoms with Crippen molar-refractivity contribution in [2.24, 2.45) is 0 Å². The molecule has 0 radical (unpaired) electrons. The van der Waals surface area contributed by atoms with Gasteiger partial charge >= 0.3 is 0 Å². The number of anilines is 1. The molecule has 7 rings (SSSR count). The molecule has 0 unspecified atom stereocenters. The van der Waals surface area contributed by atoms with Crippen LogP contribution in [0.25, 0.3) is 21.5 Å². The zero-order valence-electron chi connectivity index (χ0n) is 35.6. The second kappa shape index (κ2) is 17.2. The molecule has 0 atom stereocenters. The van der Waals surface area contributed by atoms with Crippen molar-refractivity contribution in [1.29, 1.82) is 0 Å². The zero-order valence-corrected chi connectivity index (χ0v) is 39.6. The predicted octanol–water partition coefficient (Wildman–Crippen LogP) is 8.65. The van der Waals surface area contributed by atoms with Crippen LogP contribution in [0.5, 0.6) is 0 Å². The second-order valence-corrected chi connectivity index (χ2v) is 23.8. The molecule has 4 aromatic rings. The third kappa shape index (κ3) is 9.66. The zero-order chi connectivity index (χ0) is 46.8. The van der Waals surface area contributed by atoms with E-state index in [9.17, 15) is 51.9 Å². The number of allylic oxidation sites excluding steroid dienone is 8. The molecule has 4 aromatic carbocycles. The molecular weight excluding hydrogens is 924 g/mol. The lowest BCUT2D eigenvalue weighted by Gasteiger charge is -2.27. The van der Waals surface area contributed by atoms with Crippen LogP contribution in [0.1, 0.15) is 77.3 Å². The standard InChI is InChI=1S/C45H49ClN2O12S4/c1-44(2)39(47(23-5-7-25-61(49,50)51)37-19-13-29-11-17-33(63(55,56)57)27-35(29)41(37)44)21-15-31-9-10-32(43(31)46)16-22-40-45(3,4)42-36-28-34(64(58,59)60)18-12-30(36)14-20-38(42)48(40)24-6-8-26-62(52,53)54/h11-22,27-28H,5-10,23-26H2,1-4H3,(H3-,49,50,51,52,53,54,55,56,57,58,59,60)/p+1. The summed E-state index contributed by atoms with van der Waals surface area (Å²) in [4.78, 5) is 1.58. The fourth-order valence-electron chi connectivity index (χ4n) is 9.40. The Labute approximate surface area is 379 Å². The highest BCUT2D eigenvalue weighted by molar-refractivity contribution is 7.86.